The van der Waals surface area contributed by atoms with Gasteiger partial charge in [0.2, 0.25) is 5.88 Å². The average Bonchev–Trinajstić information content (AvgIpc) is 2.83. The van der Waals surface area contributed by atoms with Crippen molar-refractivity contribution in [2.45, 2.75) is 13.1 Å². The third-order valence-corrected chi connectivity index (χ3v) is 3.03. The highest BCUT2D eigenvalue weighted by atomic mass is 35.5. The van der Waals surface area contributed by atoms with Gasteiger partial charge in [0.1, 0.15) is 5.02 Å². The number of aromatic nitrogens is 2. The Morgan fingerprint density at radius 1 is 1.30 bits per heavy atom. The Labute approximate surface area is 134 Å². The molecule has 0 fully saturated rings. The fourth-order valence-corrected chi connectivity index (χ4v) is 2.04. The van der Waals surface area contributed by atoms with Crippen LogP contribution in [0.2, 0.25) is 5.02 Å². The van der Waals surface area contributed by atoms with E-state index in [4.69, 9.17) is 16.3 Å². The molecule has 1 heterocycles. The molecule has 9 heteroatoms. The van der Waals surface area contributed by atoms with Crippen LogP contribution in [-0.4, -0.2) is 29.0 Å². The Hall–Kier alpha value is -2.22. The van der Waals surface area contributed by atoms with Crippen LogP contribution >= 0.6 is 11.6 Å². The molecule has 1 aromatic carbocycles. The number of esters is 1. The van der Waals surface area contributed by atoms with E-state index in [-0.39, 0.29) is 12.5 Å². The molecule has 0 amide bonds. The minimum Gasteiger partial charge on any atom is -0.464 e. The third kappa shape index (κ3) is 3.95. The summed E-state index contributed by atoms with van der Waals surface area (Å²) in [7, 11) is 0. The molecule has 1 aromatic heterocycles. The largest absolute Gasteiger partial charge is 0.464 e. The molecule has 0 radical (unpaired) electrons. The van der Waals surface area contributed by atoms with Crippen molar-refractivity contribution in [3.63, 3.8) is 0 Å². The zero-order valence-electron chi connectivity index (χ0n) is 11.9. The van der Waals surface area contributed by atoms with Crippen LogP contribution < -0.4 is 4.74 Å². The summed E-state index contributed by atoms with van der Waals surface area (Å²) in [5.41, 5.74) is -0.981. The highest BCUT2D eigenvalue weighted by Gasteiger charge is 2.40. The molecule has 0 aliphatic carbocycles. The summed E-state index contributed by atoms with van der Waals surface area (Å²) in [5.74, 6) is -1.10. The van der Waals surface area contributed by atoms with E-state index < -0.39 is 29.5 Å². The Bertz CT molecular complexity index is 687. The van der Waals surface area contributed by atoms with Gasteiger partial charge in [0.05, 0.1) is 12.3 Å². The monoisotopic (exact) mass is 348 g/mol. The number of halogens is 4. The fourth-order valence-electron chi connectivity index (χ4n) is 1.76. The number of hydrogen-bond donors (Lipinski definition) is 0. The Kier molecular flexibility index (Phi) is 5.15. The molecule has 23 heavy (non-hydrogen) atoms. The molecule has 0 atom stereocenters. The van der Waals surface area contributed by atoms with Crippen molar-refractivity contribution in [3.8, 4) is 11.6 Å². The number of ether oxygens (including phenoxy) is 2. The van der Waals surface area contributed by atoms with Gasteiger partial charge in [-0.05, 0) is 19.1 Å². The minimum atomic E-state index is -4.75. The first-order chi connectivity index (χ1) is 10.8. The summed E-state index contributed by atoms with van der Waals surface area (Å²) < 4.78 is 49.6. The molecule has 0 N–H and O–H groups in total. The maximum absolute atomic E-state index is 13.0. The first kappa shape index (κ1) is 17.1. The second-order valence-electron chi connectivity index (χ2n) is 4.31. The van der Waals surface area contributed by atoms with Gasteiger partial charge < -0.3 is 9.47 Å². The number of rotatable bonds is 5. The summed E-state index contributed by atoms with van der Waals surface area (Å²) in [6.45, 7) is 1.14. The molecule has 124 valence electrons. The zero-order valence-corrected chi connectivity index (χ0v) is 12.7. The lowest BCUT2D eigenvalue weighted by Crippen LogP contribution is -2.16. The van der Waals surface area contributed by atoms with Gasteiger partial charge in [-0.15, -0.1) is 0 Å². The highest BCUT2D eigenvalue weighted by molar-refractivity contribution is 6.32. The molecule has 0 saturated heterocycles. The third-order valence-electron chi connectivity index (χ3n) is 2.69. The van der Waals surface area contributed by atoms with E-state index >= 15 is 0 Å². The van der Waals surface area contributed by atoms with Crippen LogP contribution in [0.15, 0.2) is 30.3 Å². The standard InChI is InChI=1S/C14H12ClF3N2O3/c1-2-22-10(21)8-23-13-11(15)12(14(16,17)18)19-20(13)9-6-4-3-5-7-9/h3-7H,2,8H2,1H3. The van der Waals surface area contributed by atoms with Crippen LogP contribution in [0.1, 0.15) is 12.6 Å². The lowest BCUT2D eigenvalue weighted by Gasteiger charge is -2.09. The van der Waals surface area contributed by atoms with E-state index in [0.29, 0.717) is 5.69 Å². The van der Waals surface area contributed by atoms with Gasteiger partial charge in [-0.25, -0.2) is 4.79 Å². The summed E-state index contributed by atoms with van der Waals surface area (Å²) in [4.78, 5) is 11.3. The maximum Gasteiger partial charge on any atom is 0.436 e. The van der Waals surface area contributed by atoms with E-state index in [0.717, 1.165) is 4.68 Å². The Morgan fingerprint density at radius 3 is 2.52 bits per heavy atom. The summed E-state index contributed by atoms with van der Waals surface area (Å²) in [6, 6.07) is 7.99. The van der Waals surface area contributed by atoms with Crippen LogP contribution in [0.4, 0.5) is 13.2 Å². The van der Waals surface area contributed by atoms with Crippen LogP contribution in [0.3, 0.4) is 0 Å². The maximum atomic E-state index is 13.0. The first-order valence-electron chi connectivity index (χ1n) is 6.54. The fraction of sp³-hybridized carbons (Fsp3) is 0.286. The SMILES string of the molecule is CCOC(=O)COc1c(Cl)c(C(F)(F)F)nn1-c1ccccc1. The zero-order chi connectivity index (χ0) is 17.0. The smallest absolute Gasteiger partial charge is 0.436 e. The predicted octanol–water partition coefficient (Wildman–Crippen LogP) is 3.49. The normalized spacial score (nSPS) is 11.3. The number of carbonyl (C=O) groups is 1. The Morgan fingerprint density at radius 2 is 1.96 bits per heavy atom. The molecule has 0 spiro atoms. The van der Waals surface area contributed by atoms with Gasteiger partial charge in [0, 0.05) is 0 Å². The number of alkyl halides is 3. The number of para-hydroxylation sites is 1. The highest BCUT2D eigenvalue weighted by Crippen LogP contribution is 2.40. The molecular formula is C14H12ClF3N2O3. The van der Waals surface area contributed by atoms with Crippen LogP contribution in [0, 0.1) is 0 Å². The van der Waals surface area contributed by atoms with Crippen molar-refractivity contribution >= 4 is 17.6 Å². The minimum absolute atomic E-state index is 0.127. The van der Waals surface area contributed by atoms with Gasteiger partial charge in [0.15, 0.2) is 12.3 Å². The van der Waals surface area contributed by atoms with Crippen molar-refractivity contribution in [2.75, 3.05) is 13.2 Å². The van der Waals surface area contributed by atoms with E-state index in [1.54, 1.807) is 25.1 Å². The van der Waals surface area contributed by atoms with E-state index in [1.807, 2.05) is 0 Å². The predicted molar refractivity (Wildman–Crippen MR) is 75.7 cm³/mol. The van der Waals surface area contributed by atoms with Crippen LogP contribution in [0.25, 0.3) is 5.69 Å². The van der Waals surface area contributed by atoms with Crippen molar-refractivity contribution in [1.82, 2.24) is 9.78 Å². The number of nitrogens with zero attached hydrogens (tertiary/aromatic N) is 2. The molecular weight excluding hydrogens is 337 g/mol. The molecule has 0 aliphatic rings. The van der Waals surface area contributed by atoms with Crippen LogP contribution in [0.5, 0.6) is 5.88 Å². The van der Waals surface area contributed by atoms with E-state index in [9.17, 15) is 18.0 Å². The summed E-state index contributed by atoms with van der Waals surface area (Å²) in [5, 5.41) is 2.74. The molecule has 2 aromatic rings. The molecule has 0 unspecified atom stereocenters. The van der Waals surface area contributed by atoms with Crippen molar-refractivity contribution < 1.29 is 27.4 Å². The second kappa shape index (κ2) is 6.91. The molecule has 0 saturated carbocycles. The number of benzene rings is 1. The summed E-state index contributed by atoms with van der Waals surface area (Å²) >= 11 is 5.74. The van der Waals surface area contributed by atoms with E-state index in [2.05, 4.69) is 9.84 Å². The van der Waals surface area contributed by atoms with Crippen molar-refractivity contribution in [3.05, 3.63) is 41.0 Å². The lowest BCUT2D eigenvalue weighted by atomic mass is 10.3. The van der Waals surface area contributed by atoms with Crippen molar-refractivity contribution in [1.29, 1.82) is 0 Å². The lowest BCUT2D eigenvalue weighted by molar-refractivity contribution is -0.145. The quantitative estimate of drug-likeness (QED) is 0.776. The molecule has 0 aliphatic heterocycles. The average molecular weight is 349 g/mol. The van der Waals surface area contributed by atoms with Gasteiger partial charge in [-0.2, -0.15) is 23.0 Å². The number of carbonyl (C=O) groups excluding carboxylic acids is 1. The van der Waals surface area contributed by atoms with Crippen LogP contribution in [-0.2, 0) is 15.7 Å². The second-order valence-corrected chi connectivity index (χ2v) is 4.68. The van der Waals surface area contributed by atoms with Gasteiger partial charge >= 0.3 is 12.1 Å². The van der Waals surface area contributed by atoms with Crippen molar-refractivity contribution in [2.24, 2.45) is 0 Å². The van der Waals surface area contributed by atoms with Gasteiger partial charge in [0.25, 0.3) is 0 Å². The van der Waals surface area contributed by atoms with Gasteiger partial charge in [-0.3, -0.25) is 0 Å². The van der Waals surface area contributed by atoms with E-state index in [1.165, 1.54) is 12.1 Å². The molecule has 5 nitrogen and oxygen atoms in total. The topological polar surface area (TPSA) is 53.4 Å². The van der Waals surface area contributed by atoms with Gasteiger partial charge in [-0.1, -0.05) is 29.8 Å². The molecule has 0 bridgehead atoms. The first-order valence-corrected chi connectivity index (χ1v) is 6.92. The molecule has 2 rings (SSSR count). The summed E-state index contributed by atoms with van der Waals surface area (Å²) in [6.07, 6.45) is -4.75. The number of hydrogen-bond acceptors (Lipinski definition) is 4. The Balaban J connectivity index is 2.41.